The van der Waals surface area contributed by atoms with Crippen molar-refractivity contribution >= 4 is 11.9 Å². The third kappa shape index (κ3) is 9.83. The highest BCUT2D eigenvalue weighted by Crippen LogP contribution is 2.35. The van der Waals surface area contributed by atoms with Gasteiger partial charge in [-0.1, -0.05) is 90.9 Å². The van der Waals surface area contributed by atoms with Crippen molar-refractivity contribution in [1.82, 2.24) is 0 Å². The maximum atomic E-state index is 12.2. The number of carbonyl (C=O) groups excluding carboxylic acids is 2. The van der Waals surface area contributed by atoms with E-state index in [1.165, 1.54) is 70.6 Å². The second kappa shape index (κ2) is 14.9. The summed E-state index contributed by atoms with van der Waals surface area (Å²) in [6.45, 7) is 4.46. The fraction of sp³-hybridized carbons (Fsp3) is 0.923. The molecule has 0 spiro atoms. The van der Waals surface area contributed by atoms with Crippen LogP contribution in [-0.4, -0.2) is 24.1 Å². The van der Waals surface area contributed by atoms with E-state index in [9.17, 15) is 9.59 Å². The number of rotatable bonds is 19. The molecule has 1 aliphatic carbocycles. The summed E-state index contributed by atoms with van der Waals surface area (Å²) in [5.41, 5.74) is 0. The summed E-state index contributed by atoms with van der Waals surface area (Å²) in [5, 5.41) is 0. The number of cyclic esters (lactones) is 1. The van der Waals surface area contributed by atoms with E-state index >= 15 is 0 Å². The van der Waals surface area contributed by atoms with Crippen LogP contribution < -0.4 is 0 Å². The van der Waals surface area contributed by atoms with Crippen molar-refractivity contribution in [2.45, 2.75) is 142 Å². The van der Waals surface area contributed by atoms with Gasteiger partial charge in [0.2, 0.25) is 0 Å². The van der Waals surface area contributed by atoms with Crippen LogP contribution in [0.5, 0.6) is 0 Å². The SMILES string of the molecule is CCCCCCCCCCC[C@@H](C[C@@H]1OC(=O)[C@H]1CCCCCC)OC(=O)C1CC1. The van der Waals surface area contributed by atoms with Gasteiger partial charge in [0.25, 0.3) is 0 Å². The lowest BCUT2D eigenvalue weighted by atomic mass is 9.86. The van der Waals surface area contributed by atoms with Crippen LogP contribution in [0.4, 0.5) is 0 Å². The molecule has 0 bridgehead atoms. The largest absolute Gasteiger partial charge is 0.462 e. The normalized spacial score (nSPS) is 21.7. The number of ether oxygens (including phenoxy) is 2. The minimum Gasteiger partial charge on any atom is -0.462 e. The number of carbonyl (C=O) groups is 2. The van der Waals surface area contributed by atoms with Crippen LogP contribution in [-0.2, 0) is 19.1 Å². The first-order valence-corrected chi connectivity index (χ1v) is 13.1. The highest BCUT2D eigenvalue weighted by molar-refractivity contribution is 5.78. The topological polar surface area (TPSA) is 52.6 Å². The molecule has 0 aromatic heterocycles. The molecule has 174 valence electrons. The first-order chi connectivity index (χ1) is 14.7. The Balaban J connectivity index is 1.66. The quantitative estimate of drug-likeness (QED) is 0.164. The van der Waals surface area contributed by atoms with Gasteiger partial charge in [-0.25, -0.2) is 0 Å². The Bertz CT molecular complexity index is 485. The van der Waals surface area contributed by atoms with Crippen molar-refractivity contribution in [2.75, 3.05) is 0 Å². The van der Waals surface area contributed by atoms with Gasteiger partial charge in [0.05, 0.1) is 11.8 Å². The van der Waals surface area contributed by atoms with E-state index in [1.54, 1.807) is 0 Å². The van der Waals surface area contributed by atoms with Crippen LogP contribution in [0.25, 0.3) is 0 Å². The predicted molar refractivity (Wildman–Crippen MR) is 121 cm³/mol. The highest BCUT2D eigenvalue weighted by atomic mass is 16.6. The lowest BCUT2D eigenvalue weighted by Crippen LogP contribution is -2.47. The molecule has 0 aromatic rings. The molecule has 1 heterocycles. The van der Waals surface area contributed by atoms with Gasteiger partial charge < -0.3 is 9.47 Å². The Morgan fingerprint density at radius 3 is 2.03 bits per heavy atom. The van der Waals surface area contributed by atoms with E-state index in [0.717, 1.165) is 38.5 Å². The number of hydrogen-bond acceptors (Lipinski definition) is 4. The maximum Gasteiger partial charge on any atom is 0.313 e. The third-order valence-corrected chi connectivity index (χ3v) is 6.71. The Hall–Kier alpha value is -1.06. The molecule has 1 saturated heterocycles. The first-order valence-electron chi connectivity index (χ1n) is 13.1. The molecule has 30 heavy (non-hydrogen) atoms. The zero-order valence-electron chi connectivity index (χ0n) is 19.7. The summed E-state index contributed by atoms with van der Waals surface area (Å²) >= 11 is 0. The molecule has 0 unspecified atom stereocenters. The number of esters is 2. The number of hydrogen-bond donors (Lipinski definition) is 0. The zero-order valence-corrected chi connectivity index (χ0v) is 19.7. The molecule has 1 saturated carbocycles. The maximum absolute atomic E-state index is 12.2. The molecule has 0 N–H and O–H groups in total. The van der Waals surface area contributed by atoms with E-state index in [-0.39, 0.29) is 36.0 Å². The second-order valence-corrected chi connectivity index (χ2v) is 9.62. The second-order valence-electron chi connectivity index (χ2n) is 9.62. The first kappa shape index (κ1) is 25.2. The van der Waals surface area contributed by atoms with Gasteiger partial charge in [-0.05, 0) is 32.1 Å². The Kier molecular flexibility index (Phi) is 12.5. The third-order valence-electron chi connectivity index (χ3n) is 6.71. The van der Waals surface area contributed by atoms with Crippen molar-refractivity contribution in [1.29, 1.82) is 0 Å². The molecule has 0 radical (unpaired) electrons. The van der Waals surface area contributed by atoms with Gasteiger partial charge in [0, 0.05) is 6.42 Å². The molecule has 2 rings (SSSR count). The van der Waals surface area contributed by atoms with Crippen molar-refractivity contribution in [3.05, 3.63) is 0 Å². The highest BCUT2D eigenvalue weighted by Gasteiger charge is 2.43. The van der Waals surface area contributed by atoms with Gasteiger partial charge in [0.15, 0.2) is 0 Å². The fourth-order valence-corrected chi connectivity index (χ4v) is 4.45. The average molecular weight is 423 g/mol. The number of unbranched alkanes of at least 4 members (excludes halogenated alkanes) is 11. The molecule has 0 aromatic carbocycles. The smallest absolute Gasteiger partial charge is 0.313 e. The summed E-state index contributed by atoms with van der Waals surface area (Å²) in [4.78, 5) is 24.1. The van der Waals surface area contributed by atoms with E-state index in [4.69, 9.17) is 9.47 Å². The minimum absolute atomic E-state index is 0.0205. The van der Waals surface area contributed by atoms with Crippen LogP contribution in [0.1, 0.15) is 129 Å². The molecule has 1 aliphatic heterocycles. The summed E-state index contributed by atoms with van der Waals surface area (Å²) in [5.74, 6) is 0.0735. The molecule has 3 atom stereocenters. The van der Waals surface area contributed by atoms with Crippen molar-refractivity contribution in [2.24, 2.45) is 11.8 Å². The summed E-state index contributed by atoms with van der Waals surface area (Å²) < 4.78 is 11.3. The molecule has 0 amide bonds. The summed E-state index contributed by atoms with van der Waals surface area (Å²) in [6.07, 6.45) is 20.7. The van der Waals surface area contributed by atoms with Crippen molar-refractivity contribution in [3.8, 4) is 0 Å². The van der Waals surface area contributed by atoms with Crippen LogP contribution >= 0.6 is 0 Å². The average Bonchev–Trinajstić information content (AvgIpc) is 3.57. The van der Waals surface area contributed by atoms with E-state index < -0.39 is 0 Å². The lowest BCUT2D eigenvalue weighted by molar-refractivity contribution is -0.190. The summed E-state index contributed by atoms with van der Waals surface area (Å²) in [6, 6.07) is 0. The minimum atomic E-state index is -0.0844. The van der Waals surface area contributed by atoms with Crippen molar-refractivity contribution in [3.63, 3.8) is 0 Å². The van der Waals surface area contributed by atoms with Crippen LogP contribution in [0.2, 0.25) is 0 Å². The van der Waals surface area contributed by atoms with Crippen LogP contribution in [0.3, 0.4) is 0 Å². The predicted octanol–water partition coefficient (Wildman–Crippen LogP) is 7.13. The molecular weight excluding hydrogens is 376 g/mol. The van der Waals surface area contributed by atoms with Crippen LogP contribution in [0.15, 0.2) is 0 Å². The molecule has 4 nitrogen and oxygen atoms in total. The van der Waals surface area contributed by atoms with Gasteiger partial charge in [-0.15, -0.1) is 0 Å². The molecule has 2 fully saturated rings. The van der Waals surface area contributed by atoms with Gasteiger partial charge in [-0.2, -0.15) is 0 Å². The standard InChI is InChI=1S/C26H46O4/c1-3-5-7-9-10-11-12-13-14-16-22(29-25(27)21-18-19-21)20-24-23(26(28)30-24)17-15-8-6-4-2/h21-24H,3-20H2,1-2H3/t22-,23-,24-/m0/s1. The molecular formula is C26H46O4. The van der Waals surface area contributed by atoms with Gasteiger partial charge in [-0.3, -0.25) is 9.59 Å². The van der Waals surface area contributed by atoms with E-state index in [0.29, 0.717) is 6.42 Å². The molecule has 4 heteroatoms. The zero-order chi connectivity index (χ0) is 21.6. The Morgan fingerprint density at radius 2 is 1.47 bits per heavy atom. The van der Waals surface area contributed by atoms with Crippen LogP contribution in [0, 0.1) is 11.8 Å². The van der Waals surface area contributed by atoms with E-state index in [1.807, 2.05) is 0 Å². The lowest BCUT2D eigenvalue weighted by Gasteiger charge is -2.37. The van der Waals surface area contributed by atoms with Gasteiger partial charge >= 0.3 is 11.9 Å². The summed E-state index contributed by atoms with van der Waals surface area (Å²) in [7, 11) is 0. The molecule has 2 aliphatic rings. The fourth-order valence-electron chi connectivity index (χ4n) is 4.45. The Morgan fingerprint density at radius 1 is 0.900 bits per heavy atom. The Labute approximate surface area is 184 Å². The monoisotopic (exact) mass is 422 g/mol. The van der Waals surface area contributed by atoms with Crippen molar-refractivity contribution < 1.29 is 19.1 Å². The van der Waals surface area contributed by atoms with E-state index in [2.05, 4.69) is 13.8 Å². The van der Waals surface area contributed by atoms with Gasteiger partial charge in [0.1, 0.15) is 12.2 Å².